The van der Waals surface area contributed by atoms with Crippen molar-refractivity contribution in [2.75, 3.05) is 12.4 Å². The van der Waals surface area contributed by atoms with Gasteiger partial charge in [-0.15, -0.1) is 0 Å². The Bertz CT molecular complexity index is 903. The second-order valence-corrected chi connectivity index (χ2v) is 7.79. The van der Waals surface area contributed by atoms with Gasteiger partial charge in [-0.3, -0.25) is 4.79 Å². The lowest BCUT2D eigenvalue weighted by molar-refractivity contribution is -0.129. The largest absolute Gasteiger partial charge is 0.495 e. The van der Waals surface area contributed by atoms with Gasteiger partial charge >= 0.3 is 6.09 Å². The second kappa shape index (κ2) is 8.39. The fourth-order valence-electron chi connectivity index (χ4n) is 3.18. The van der Waals surface area contributed by atoms with Gasteiger partial charge in [-0.25, -0.2) is 9.69 Å². The minimum Gasteiger partial charge on any atom is -0.495 e. The fraction of sp³-hybridized carbons (Fsp3) is 0.304. The first kappa shape index (κ1) is 20.5. The van der Waals surface area contributed by atoms with Crippen LogP contribution in [0.4, 0.5) is 10.5 Å². The molecule has 152 valence electrons. The molecule has 2 unspecified atom stereocenters. The molecule has 6 nitrogen and oxygen atoms in total. The number of benzene rings is 2. The molecule has 0 bridgehead atoms. The van der Waals surface area contributed by atoms with Crippen molar-refractivity contribution >= 4 is 17.7 Å². The molecule has 2 aromatic rings. The van der Waals surface area contributed by atoms with Gasteiger partial charge in [0, 0.05) is 6.20 Å². The van der Waals surface area contributed by atoms with Crippen LogP contribution in [0.25, 0.3) is 0 Å². The van der Waals surface area contributed by atoms with Crippen molar-refractivity contribution in [3.63, 3.8) is 0 Å². The summed E-state index contributed by atoms with van der Waals surface area (Å²) in [5, 5.41) is 3.42. The highest BCUT2D eigenvalue weighted by atomic mass is 16.6. The van der Waals surface area contributed by atoms with E-state index in [2.05, 4.69) is 5.32 Å². The van der Waals surface area contributed by atoms with Crippen LogP contribution in [0.5, 0.6) is 5.75 Å². The molecular formula is C23H26N2O4. The monoisotopic (exact) mass is 394 g/mol. The van der Waals surface area contributed by atoms with E-state index in [0.717, 1.165) is 16.2 Å². The Kier molecular flexibility index (Phi) is 5.92. The third-order valence-corrected chi connectivity index (χ3v) is 4.49. The van der Waals surface area contributed by atoms with Crippen LogP contribution in [0.3, 0.4) is 0 Å². The molecular weight excluding hydrogens is 368 g/mol. The average molecular weight is 394 g/mol. The first-order valence-corrected chi connectivity index (χ1v) is 9.49. The molecule has 0 radical (unpaired) electrons. The Morgan fingerprint density at radius 3 is 2.38 bits per heavy atom. The van der Waals surface area contributed by atoms with Crippen molar-refractivity contribution in [1.82, 2.24) is 4.90 Å². The number of hydrogen-bond donors (Lipinski definition) is 1. The predicted molar refractivity (Wildman–Crippen MR) is 112 cm³/mol. The van der Waals surface area contributed by atoms with E-state index in [1.807, 2.05) is 54.6 Å². The number of carbonyl (C=O) groups is 2. The highest BCUT2D eigenvalue weighted by Gasteiger charge is 2.39. The molecule has 1 aliphatic rings. The normalized spacial score (nSPS) is 17.2. The van der Waals surface area contributed by atoms with E-state index < -0.39 is 17.6 Å². The Balaban J connectivity index is 1.89. The molecule has 2 aromatic carbocycles. The van der Waals surface area contributed by atoms with Crippen LogP contribution in [0.15, 0.2) is 66.9 Å². The zero-order chi connectivity index (χ0) is 21.0. The number of anilines is 1. The molecule has 0 fully saturated rings. The molecule has 0 aromatic heterocycles. The number of rotatable bonds is 5. The number of methoxy groups -OCH3 is 1. The van der Waals surface area contributed by atoms with Crippen molar-refractivity contribution in [3.8, 4) is 5.75 Å². The zero-order valence-electron chi connectivity index (χ0n) is 17.1. The van der Waals surface area contributed by atoms with Crippen LogP contribution in [-0.2, 0) is 9.53 Å². The molecule has 6 heteroatoms. The summed E-state index contributed by atoms with van der Waals surface area (Å²) in [6.07, 6.45) is 2.54. The van der Waals surface area contributed by atoms with E-state index in [-0.39, 0.29) is 11.9 Å². The molecule has 0 spiro atoms. The number of para-hydroxylation sites is 2. The highest BCUT2D eigenvalue weighted by molar-refractivity contribution is 5.98. The number of carbonyl (C=O) groups excluding carboxylic acids is 2. The third kappa shape index (κ3) is 4.77. The molecule has 29 heavy (non-hydrogen) atoms. The lowest BCUT2D eigenvalue weighted by Crippen LogP contribution is -2.39. The SMILES string of the molecule is COc1ccccc1NC(c1ccccc1)C1C=CN(C(=O)OC(C)(C)C)C1=O. The number of nitrogens with one attached hydrogen (secondary N) is 1. The maximum absolute atomic E-state index is 13.1. The van der Waals surface area contributed by atoms with Gasteiger partial charge in [0.2, 0.25) is 5.91 Å². The summed E-state index contributed by atoms with van der Waals surface area (Å²) in [6, 6.07) is 16.8. The minimum atomic E-state index is -0.683. The molecule has 0 saturated carbocycles. The molecule has 0 aliphatic carbocycles. The van der Waals surface area contributed by atoms with Gasteiger partial charge in [0.15, 0.2) is 0 Å². The van der Waals surface area contributed by atoms with Gasteiger partial charge in [0.05, 0.1) is 24.8 Å². The second-order valence-electron chi connectivity index (χ2n) is 7.79. The standard InChI is InChI=1S/C23H26N2O4/c1-23(2,3)29-22(27)25-15-14-17(21(25)26)20(16-10-6-5-7-11-16)24-18-12-8-9-13-19(18)28-4/h5-15,17,20,24H,1-4H3. The van der Waals surface area contributed by atoms with Crippen molar-refractivity contribution in [2.45, 2.75) is 32.4 Å². The van der Waals surface area contributed by atoms with E-state index in [9.17, 15) is 9.59 Å². The Labute approximate surface area is 171 Å². The molecule has 0 saturated heterocycles. The maximum atomic E-state index is 13.1. The van der Waals surface area contributed by atoms with E-state index >= 15 is 0 Å². The van der Waals surface area contributed by atoms with E-state index in [1.54, 1.807) is 34.0 Å². The van der Waals surface area contributed by atoms with Crippen molar-refractivity contribution < 1.29 is 19.1 Å². The summed E-state index contributed by atoms with van der Waals surface area (Å²) in [5.41, 5.74) is 1.01. The number of hydrogen-bond acceptors (Lipinski definition) is 5. The Morgan fingerprint density at radius 1 is 1.07 bits per heavy atom. The molecule has 1 heterocycles. The van der Waals surface area contributed by atoms with Gasteiger partial charge in [-0.05, 0) is 38.5 Å². The quantitative estimate of drug-likeness (QED) is 0.792. The molecule has 2 atom stereocenters. The summed E-state index contributed by atoms with van der Waals surface area (Å²) < 4.78 is 10.8. The molecule has 2 amide bonds. The average Bonchev–Trinajstić information content (AvgIpc) is 3.07. The summed E-state index contributed by atoms with van der Waals surface area (Å²) in [4.78, 5) is 26.5. The van der Waals surface area contributed by atoms with Crippen LogP contribution in [0.2, 0.25) is 0 Å². The van der Waals surface area contributed by atoms with E-state index in [0.29, 0.717) is 5.75 Å². The number of imide groups is 1. The van der Waals surface area contributed by atoms with Gasteiger partial charge in [0.25, 0.3) is 0 Å². The molecule has 1 N–H and O–H groups in total. The third-order valence-electron chi connectivity index (χ3n) is 4.49. The van der Waals surface area contributed by atoms with Crippen molar-refractivity contribution in [1.29, 1.82) is 0 Å². The molecule has 3 rings (SSSR count). The maximum Gasteiger partial charge on any atom is 0.421 e. The van der Waals surface area contributed by atoms with Gasteiger partial charge < -0.3 is 14.8 Å². The van der Waals surface area contributed by atoms with Crippen LogP contribution in [-0.4, -0.2) is 29.6 Å². The van der Waals surface area contributed by atoms with E-state index in [1.165, 1.54) is 6.20 Å². The van der Waals surface area contributed by atoms with Crippen molar-refractivity contribution in [2.24, 2.45) is 5.92 Å². The number of nitrogens with zero attached hydrogens (tertiary/aromatic N) is 1. The topological polar surface area (TPSA) is 67.9 Å². The van der Waals surface area contributed by atoms with Crippen LogP contribution >= 0.6 is 0 Å². The molecule has 1 aliphatic heterocycles. The lowest BCUT2D eigenvalue weighted by Gasteiger charge is -2.27. The van der Waals surface area contributed by atoms with Crippen LogP contribution in [0.1, 0.15) is 32.4 Å². The van der Waals surface area contributed by atoms with Gasteiger partial charge in [0.1, 0.15) is 11.4 Å². The number of ether oxygens (including phenoxy) is 2. The summed E-state index contributed by atoms with van der Waals surface area (Å²) in [6.45, 7) is 5.30. The Morgan fingerprint density at radius 2 is 1.72 bits per heavy atom. The summed E-state index contributed by atoms with van der Waals surface area (Å²) in [7, 11) is 1.60. The lowest BCUT2D eigenvalue weighted by atomic mass is 9.92. The minimum absolute atomic E-state index is 0.337. The first-order chi connectivity index (χ1) is 13.8. The van der Waals surface area contributed by atoms with Gasteiger partial charge in [-0.2, -0.15) is 0 Å². The number of amides is 2. The van der Waals surface area contributed by atoms with Crippen LogP contribution in [0, 0.1) is 5.92 Å². The summed E-state index contributed by atoms with van der Waals surface area (Å²) in [5.74, 6) is -0.239. The zero-order valence-corrected chi connectivity index (χ0v) is 17.1. The fourth-order valence-corrected chi connectivity index (χ4v) is 3.18. The van der Waals surface area contributed by atoms with Crippen LogP contribution < -0.4 is 10.1 Å². The first-order valence-electron chi connectivity index (χ1n) is 9.49. The van der Waals surface area contributed by atoms with E-state index in [4.69, 9.17) is 9.47 Å². The smallest absolute Gasteiger partial charge is 0.421 e. The predicted octanol–water partition coefficient (Wildman–Crippen LogP) is 4.76. The highest BCUT2D eigenvalue weighted by Crippen LogP contribution is 2.35. The van der Waals surface area contributed by atoms with Crippen molar-refractivity contribution in [3.05, 3.63) is 72.4 Å². The summed E-state index contributed by atoms with van der Waals surface area (Å²) >= 11 is 0. The Hall–Kier alpha value is -3.28. The van der Waals surface area contributed by atoms with Gasteiger partial charge in [-0.1, -0.05) is 48.5 Å².